The van der Waals surface area contributed by atoms with Gasteiger partial charge >= 0.3 is 11.9 Å². The van der Waals surface area contributed by atoms with Crippen molar-refractivity contribution in [3.05, 3.63) is 0 Å². The van der Waals surface area contributed by atoms with E-state index in [0.29, 0.717) is 0 Å². The van der Waals surface area contributed by atoms with Gasteiger partial charge in [0.1, 0.15) is 6.10 Å². The summed E-state index contributed by atoms with van der Waals surface area (Å²) in [5.41, 5.74) is 0. The first-order valence-electron chi connectivity index (χ1n) is 5.37. The minimum atomic E-state index is -1.45. The number of carbonyl (C=O) groups excluding carboxylic acids is 2. The van der Waals surface area contributed by atoms with Gasteiger partial charge in [-0.05, 0) is 12.8 Å². The Morgan fingerprint density at radius 3 is 2.50 bits per heavy atom. The zero-order valence-electron chi connectivity index (χ0n) is 9.79. The van der Waals surface area contributed by atoms with Gasteiger partial charge in [0, 0.05) is 0 Å². The van der Waals surface area contributed by atoms with Gasteiger partial charge in [-0.25, -0.2) is 9.59 Å². The van der Waals surface area contributed by atoms with E-state index in [1.807, 2.05) is 0 Å². The number of carboxylic acids is 1. The number of nitrogens with one attached hydrogen (secondary N) is 1. The first-order chi connectivity index (χ1) is 8.45. The topological polar surface area (TPSA) is 122 Å². The van der Waals surface area contributed by atoms with Gasteiger partial charge < -0.3 is 25.0 Å². The molecule has 0 radical (unpaired) electrons. The number of hydrogen-bond acceptors (Lipinski definition) is 6. The molecule has 1 rings (SSSR count). The number of amides is 1. The number of hydrogen-bond donors (Lipinski definition) is 3. The molecule has 1 aliphatic heterocycles. The molecule has 1 saturated heterocycles. The SMILES string of the molecule is COC(=O)C(O)CNC(=O)[C@@H]1CC[C@H](C(=O)O)O1. The predicted octanol–water partition coefficient (Wildman–Crippen LogP) is -1.73. The van der Waals surface area contributed by atoms with Crippen molar-refractivity contribution < 1.29 is 34.1 Å². The van der Waals surface area contributed by atoms with Crippen LogP contribution in [0.1, 0.15) is 12.8 Å². The van der Waals surface area contributed by atoms with Crippen LogP contribution in [0.5, 0.6) is 0 Å². The lowest BCUT2D eigenvalue weighted by Crippen LogP contribution is -2.42. The van der Waals surface area contributed by atoms with Crippen molar-refractivity contribution in [3.8, 4) is 0 Å². The van der Waals surface area contributed by atoms with Crippen LogP contribution in [0.25, 0.3) is 0 Å². The van der Waals surface area contributed by atoms with E-state index in [1.165, 1.54) is 0 Å². The summed E-state index contributed by atoms with van der Waals surface area (Å²) in [7, 11) is 1.12. The molecule has 1 aliphatic rings. The monoisotopic (exact) mass is 261 g/mol. The van der Waals surface area contributed by atoms with E-state index >= 15 is 0 Å². The fourth-order valence-corrected chi connectivity index (χ4v) is 1.54. The number of aliphatic hydroxyl groups is 1. The molecule has 0 aromatic heterocycles. The standard InChI is InChI=1S/C10H15NO7/c1-17-10(16)5(12)4-11-8(13)6-2-3-7(18-6)9(14)15/h5-7,12H,2-4H2,1H3,(H,11,13)(H,14,15)/t5?,6-,7+/m0/s1. The van der Waals surface area contributed by atoms with Crippen molar-refractivity contribution in [2.24, 2.45) is 0 Å². The number of carboxylic acid groups (broad SMARTS) is 1. The molecular weight excluding hydrogens is 246 g/mol. The second-order valence-electron chi connectivity index (χ2n) is 3.81. The average molecular weight is 261 g/mol. The molecule has 0 aromatic rings. The Bertz CT molecular complexity index is 343. The molecule has 8 nitrogen and oxygen atoms in total. The Hall–Kier alpha value is -1.67. The van der Waals surface area contributed by atoms with Gasteiger partial charge in [0.25, 0.3) is 0 Å². The van der Waals surface area contributed by atoms with E-state index < -0.39 is 36.2 Å². The molecule has 1 heterocycles. The Kier molecular flexibility index (Phi) is 5.05. The fraction of sp³-hybridized carbons (Fsp3) is 0.700. The van der Waals surface area contributed by atoms with Crippen molar-refractivity contribution in [2.45, 2.75) is 31.2 Å². The van der Waals surface area contributed by atoms with Crippen LogP contribution in [0.4, 0.5) is 0 Å². The van der Waals surface area contributed by atoms with E-state index in [1.54, 1.807) is 0 Å². The number of aliphatic hydroxyl groups excluding tert-OH is 1. The minimum absolute atomic E-state index is 0.257. The Balaban J connectivity index is 2.34. The lowest BCUT2D eigenvalue weighted by Gasteiger charge is -2.13. The molecule has 8 heteroatoms. The maximum Gasteiger partial charge on any atom is 0.336 e. The zero-order chi connectivity index (χ0) is 13.7. The number of ether oxygens (including phenoxy) is 2. The molecule has 1 unspecified atom stereocenters. The minimum Gasteiger partial charge on any atom is -0.479 e. The largest absolute Gasteiger partial charge is 0.479 e. The van der Waals surface area contributed by atoms with Crippen molar-refractivity contribution >= 4 is 17.8 Å². The third-order valence-electron chi connectivity index (χ3n) is 2.53. The van der Waals surface area contributed by atoms with E-state index in [0.717, 1.165) is 7.11 Å². The summed E-state index contributed by atoms with van der Waals surface area (Å²) in [6, 6.07) is 0. The molecule has 102 valence electrons. The van der Waals surface area contributed by atoms with Crippen LogP contribution in [0.2, 0.25) is 0 Å². The van der Waals surface area contributed by atoms with Crippen molar-refractivity contribution in [1.29, 1.82) is 0 Å². The molecule has 1 amide bonds. The number of rotatable bonds is 5. The van der Waals surface area contributed by atoms with E-state index in [2.05, 4.69) is 10.1 Å². The summed E-state index contributed by atoms with van der Waals surface area (Å²) < 4.78 is 9.26. The summed E-state index contributed by atoms with van der Waals surface area (Å²) in [6.07, 6.45) is -2.75. The van der Waals surface area contributed by atoms with Gasteiger partial charge in [0.15, 0.2) is 12.2 Å². The molecule has 18 heavy (non-hydrogen) atoms. The van der Waals surface area contributed by atoms with Crippen LogP contribution >= 0.6 is 0 Å². The van der Waals surface area contributed by atoms with E-state index in [-0.39, 0.29) is 19.4 Å². The molecule has 0 bridgehead atoms. The molecule has 0 aromatic carbocycles. The maximum absolute atomic E-state index is 11.5. The average Bonchev–Trinajstić information content (AvgIpc) is 2.84. The van der Waals surface area contributed by atoms with Gasteiger partial charge in [0.05, 0.1) is 13.7 Å². The number of aliphatic carboxylic acids is 1. The second-order valence-corrected chi connectivity index (χ2v) is 3.81. The highest BCUT2D eigenvalue weighted by Crippen LogP contribution is 2.19. The van der Waals surface area contributed by atoms with Gasteiger partial charge in [-0.2, -0.15) is 0 Å². The predicted molar refractivity (Wildman–Crippen MR) is 56.6 cm³/mol. The van der Waals surface area contributed by atoms with Crippen molar-refractivity contribution in [1.82, 2.24) is 5.32 Å². The van der Waals surface area contributed by atoms with Gasteiger partial charge in [-0.15, -0.1) is 0 Å². The summed E-state index contributed by atoms with van der Waals surface area (Å²) >= 11 is 0. The lowest BCUT2D eigenvalue weighted by molar-refractivity contribution is -0.152. The first-order valence-corrected chi connectivity index (χ1v) is 5.37. The van der Waals surface area contributed by atoms with Crippen molar-refractivity contribution in [2.75, 3.05) is 13.7 Å². The van der Waals surface area contributed by atoms with Gasteiger partial charge in [-0.1, -0.05) is 0 Å². The third-order valence-corrected chi connectivity index (χ3v) is 2.53. The molecule has 3 atom stereocenters. The van der Waals surface area contributed by atoms with E-state index in [9.17, 15) is 19.5 Å². The van der Waals surface area contributed by atoms with Crippen LogP contribution in [-0.4, -0.2) is 60.0 Å². The summed E-state index contributed by atoms with van der Waals surface area (Å²) in [5.74, 6) is -2.52. The Labute approximate surface area is 103 Å². The second kappa shape index (κ2) is 6.31. The number of carbonyl (C=O) groups is 3. The summed E-state index contributed by atoms with van der Waals surface area (Å²) in [5, 5.41) is 20.2. The smallest absolute Gasteiger partial charge is 0.336 e. The van der Waals surface area contributed by atoms with Gasteiger partial charge in [0.2, 0.25) is 5.91 Å². The van der Waals surface area contributed by atoms with Crippen LogP contribution < -0.4 is 5.32 Å². The number of methoxy groups -OCH3 is 1. The summed E-state index contributed by atoms with van der Waals surface area (Å²) in [6.45, 7) is -0.302. The summed E-state index contributed by atoms with van der Waals surface area (Å²) in [4.78, 5) is 33.0. The highest BCUT2D eigenvalue weighted by atomic mass is 16.5. The fourth-order valence-electron chi connectivity index (χ4n) is 1.54. The van der Waals surface area contributed by atoms with Gasteiger partial charge in [-0.3, -0.25) is 4.79 Å². The maximum atomic E-state index is 11.5. The number of esters is 1. The molecule has 3 N–H and O–H groups in total. The third kappa shape index (κ3) is 3.67. The molecular formula is C10H15NO7. The Morgan fingerprint density at radius 1 is 1.39 bits per heavy atom. The highest BCUT2D eigenvalue weighted by Gasteiger charge is 2.34. The highest BCUT2D eigenvalue weighted by molar-refractivity contribution is 5.83. The Morgan fingerprint density at radius 2 is 2.00 bits per heavy atom. The molecule has 0 spiro atoms. The zero-order valence-corrected chi connectivity index (χ0v) is 9.79. The van der Waals surface area contributed by atoms with Crippen LogP contribution in [-0.2, 0) is 23.9 Å². The van der Waals surface area contributed by atoms with E-state index in [4.69, 9.17) is 9.84 Å². The molecule has 1 fully saturated rings. The van der Waals surface area contributed by atoms with Crippen LogP contribution in [0, 0.1) is 0 Å². The van der Waals surface area contributed by atoms with Crippen LogP contribution in [0.15, 0.2) is 0 Å². The lowest BCUT2D eigenvalue weighted by atomic mass is 10.2. The van der Waals surface area contributed by atoms with Crippen LogP contribution in [0.3, 0.4) is 0 Å². The van der Waals surface area contributed by atoms with Crippen molar-refractivity contribution in [3.63, 3.8) is 0 Å². The molecule has 0 aliphatic carbocycles. The quantitative estimate of drug-likeness (QED) is 0.502. The first kappa shape index (κ1) is 14.4. The molecule has 0 saturated carbocycles. The normalized spacial score (nSPS) is 24.3.